The minimum absolute atomic E-state index is 0.244. The number of likely N-dealkylation sites (tertiary alicyclic amines) is 1. The molecule has 1 unspecified atom stereocenters. The fourth-order valence-corrected chi connectivity index (χ4v) is 4.03. The average molecular weight is 445 g/mol. The third-order valence-corrected chi connectivity index (χ3v) is 5.79. The van der Waals surface area contributed by atoms with Gasteiger partial charge in [0, 0.05) is 50.3 Å². The van der Waals surface area contributed by atoms with Crippen LogP contribution in [-0.2, 0) is 17.8 Å². The van der Waals surface area contributed by atoms with Crippen molar-refractivity contribution in [3.05, 3.63) is 84.2 Å². The Labute approximate surface area is 195 Å². The van der Waals surface area contributed by atoms with Crippen LogP contribution in [0.25, 0.3) is 5.69 Å². The van der Waals surface area contributed by atoms with Gasteiger partial charge in [-0.1, -0.05) is 48.5 Å². The Morgan fingerprint density at radius 3 is 2.58 bits per heavy atom. The van der Waals surface area contributed by atoms with Crippen LogP contribution in [-0.4, -0.2) is 52.7 Å². The van der Waals surface area contributed by atoms with Crippen molar-refractivity contribution in [2.75, 3.05) is 26.2 Å². The number of carbonyl (C=O) groups excluding carboxylic acids is 1. The lowest BCUT2D eigenvalue weighted by Crippen LogP contribution is -2.40. The fraction of sp³-hybridized carbons (Fsp3) is 0.346. The van der Waals surface area contributed by atoms with Crippen molar-refractivity contribution in [1.29, 1.82) is 0 Å². The molecular weight excluding hydrogens is 412 g/mol. The number of aliphatic imine (C=N–C) groups is 1. The number of carbonyl (C=O) groups is 1. The number of hydrogen-bond donors (Lipinski definition) is 2. The summed E-state index contributed by atoms with van der Waals surface area (Å²) in [6.07, 6.45) is 5.33. The third kappa shape index (κ3) is 6.44. The van der Waals surface area contributed by atoms with E-state index in [9.17, 15) is 4.79 Å². The summed E-state index contributed by atoms with van der Waals surface area (Å²) in [6.45, 7) is 5.66. The minimum atomic E-state index is 0.244. The van der Waals surface area contributed by atoms with E-state index in [2.05, 4.69) is 34.8 Å². The molecular formula is C26H32N6O. The molecule has 172 valence electrons. The molecule has 1 aromatic heterocycles. The first-order valence-electron chi connectivity index (χ1n) is 11.6. The SMILES string of the molecule is CCNC(=NCc1cnn(-c2ccccc2)c1)NCC1CC(=O)N(CCc2ccccc2)C1. The summed E-state index contributed by atoms with van der Waals surface area (Å²) in [6, 6.07) is 20.4. The number of nitrogens with one attached hydrogen (secondary N) is 2. The summed E-state index contributed by atoms with van der Waals surface area (Å²) in [5.74, 6) is 1.30. The van der Waals surface area contributed by atoms with E-state index in [1.807, 2.05) is 70.5 Å². The van der Waals surface area contributed by atoms with E-state index in [1.165, 1.54) is 5.56 Å². The van der Waals surface area contributed by atoms with Crippen molar-refractivity contribution >= 4 is 11.9 Å². The van der Waals surface area contributed by atoms with Crippen molar-refractivity contribution in [2.45, 2.75) is 26.3 Å². The fourth-order valence-electron chi connectivity index (χ4n) is 4.03. The average Bonchev–Trinajstić information content (AvgIpc) is 3.47. The molecule has 1 fully saturated rings. The maximum absolute atomic E-state index is 12.4. The van der Waals surface area contributed by atoms with Crippen LogP contribution in [0.5, 0.6) is 0 Å². The molecule has 0 bridgehead atoms. The molecule has 0 spiro atoms. The van der Waals surface area contributed by atoms with Crippen LogP contribution in [0.15, 0.2) is 78.0 Å². The van der Waals surface area contributed by atoms with Gasteiger partial charge >= 0.3 is 0 Å². The van der Waals surface area contributed by atoms with Crippen LogP contribution in [0.2, 0.25) is 0 Å². The van der Waals surface area contributed by atoms with Gasteiger partial charge in [0.2, 0.25) is 5.91 Å². The predicted octanol–water partition coefficient (Wildman–Crippen LogP) is 3.02. The Bertz CT molecular complexity index is 1050. The zero-order chi connectivity index (χ0) is 22.9. The van der Waals surface area contributed by atoms with E-state index in [0.717, 1.165) is 49.8 Å². The largest absolute Gasteiger partial charge is 0.357 e. The first kappa shape index (κ1) is 22.6. The lowest BCUT2D eigenvalue weighted by molar-refractivity contribution is -0.127. The Morgan fingerprint density at radius 2 is 1.82 bits per heavy atom. The molecule has 2 aromatic carbocycles. The van der Waals surface area contributed by atoms with Crippen LogP contribution in [0.4, 0.5) is 0 Å². The molecule has 1 saturated heterocycles. The highest BCUT2D eigenvalue weighted by Crippen LogP contribution is 2.17. The molecule has 1 atom stereocenters. The van der Waals surface area contributed by atoms with Crippen LogP contribution in [0.1, 0.15) is 24.5 Å². The molecule has 33 heavy (non-hydrogen) atoms. The lowest BCUT2D eigenvalue weighted by atomic mass is 10.1. The van der Waals surface area contributed by atoms with Crippen LogP contribution < -0.4 is 10.6 Å². The molecule has 1 aliphatic heterocycles. The highest BCUT2D eigenvalue weighted by Gasteiger charge is 2.29. The van der Waals surface area contributed by atoms with Crippen molar-refractivity contribution in [3.63, 3.8) is 0 Å². The summed E-state index contributed by atoms with van der Waals surface area (Å²) < 4.78 is 1.86. The smallest absolute Gasteiger partial charge is 0.223 e. The first-order chi connectivity index (χ1) is 16.2. The van der Waals surface area contributed by atoms with Crippen LogP contribution >= 0.6 is 0 Å². The normalized spacial score (nSPS) is 16.3. The maximum atomic E-state index is 12.4. The summed E-state index contributed by atoms with van der Waals surface area (Å²) in [5.41, 5.74) is 3.34. The summed E-state index contributed by atoms with van der Waals surface area (Å²) >= 11 is 0. The van der Waals surface area contributed by atoms with Gasteiger partial charge in [-0.2, -0.15) is 5.10 Å². The Kier molecular flexibility index (Phi) is 7.74. The number of hydrogen-bond acceptors (Lipinski definition) is 3. The Balaban J connectivity index is 1.27. The van der Waals surface area contributed by atoms with E-state index in [4.69, 9.17) is 4.99 Å². The van der Waals surface area contributed by atoms with E-state index < -0.39 is 0 Å². The van der Waals surface area contributed by atoms with Crippen molar-refractivity contribution in [2.24, 2.45) is 10.9 Å². The maximum Gasteiger partial charge on any atom is 0.223 e. The molecule has 0 radical (unpaired) electrons. The molecule has 2 heterocycles. The number of nitrogens with zero attached hydrogens (tertiary/aromatic N) is 4. The van der Waals surface area contributed by atoms with Gasteiger partial charge in [0.05, 0.1) is 18.4 Å². The monoisotopic (exact) mass is 444 g/mol. The van der Waals surface area contributed by atoms with Gasteiger partial charge in [-0.15, -0.1) is 0 Å². The van der Waals surface area contributed by atoms with Gasteiger partial charge in [-0.25, -0.2) is 9.67 Å². The van der Waals surface area contributed by atoms with Gasteiger partial charge in [0.1, 0.15) is 0 Å². The second kappa shape index (κ2) is 11.3. The molecule has 7 nitrogen and oxygen atoms in total. The van der Waals surface area contributed by atoms with Gasteiger partial charge in [-0.3, -0.25) is 4.79 Å². The molecule has 0 saturated carbocycles. The number of aromatic nitrogens is 2. The standard InChI is InChI=1S/C26H32N6O/c1-2-27-26(29-17-23-18-30-32(20-23)24-11-7-4-8-12-24)28-16-22-15-25(33)31(19-22)14-13-21-9-5-3-6-10-21/h3-12,18,20,22H,2,13-17,19H2,1H3,(H2,27,28,29). The second-order valence-electron chi connectivity index (χ2n) is 8.35. The van der Waals surface area contributed by atoms with Crippen LogP contribution in [0, 0.1) is 5.92 Å². The molecule has 7 heteroatoms. The van der Waals surface area contributed by atoms with E-state index in [1.54, 1.807) is 0 Å². The highest BCUT2D eigenvalue weighted by molar-refractivity contribution is 5.81. The summed E-state index contributed by atoms with van der Waals surface area (Å²) in [7, 11) is 0. The predicted molar refractivity (Wildman–Crippen MR) is 131 cm³/mol. The number of para-hydroxylation sites is 1. The first-order valence-corrected chi connectivity index (χ1v) is 11.6. The summed E-state index contributed by atoms with van der Waals surface area (Å²) in [4.78, 5) is 19.1. The van der Waals surface area contributed by atoms with Crippen molar-refractivity contribution in [1.82, 2.24) is 25.3 Å². The molecule has 0 aliphatic carbocycles. The van der Waals surface area contributed by atoms with E-state index in [0.29, 0.717) is 13.0 Å². The van der Waals surface area contributed by atoms with Crippen molar-refractivity contribution in [3.8, 4) is 5.69 Å². The van der Waals surface area contributed by atoms with Gasteiger partial charge in [0.15, 0.2) is 5.96 Å². The second-order valence-corrected chi connectivity index (χ2v) is 8.35. The van der Waals surface area contributed by atoms with Gasteiger partial charge in [0.25, 0.3) is 0 Å². The van der Waals surface area contributed by atoms with E-state index in [-0.39, 0.29) is 11.8 Å². The van der Waals surface area contributed by atoms with Gasteiger partial charge < -0.3 is 15.5 Å². The third-order valence-electron chi connectivity index (χ3n) is 5.79. The minimum Gasteiger partial charge on any atom is -0.357 e. The molecule has 1 amide bonds. The Morgan fingerprint density at radius 1 is 1.06 bits per heavy atom. The molecule has 2 N–H and O–H groups in total. The topological polar surface area (TPSA) is 74.5 Å². The number of rotatable bonds is 9. The number of benzene rings is 2. The van der Waals surface area contributed by atoms with Crippen LogP contribution in [0.3, 0.4) is 0 Å². The summed E-state index contributed by atoms with van der Waals surface area (Å²) in [5, 5.41) is 11.2. The molecule has 3 aromatic rings. The number of amides is 1. The van der Waals surface area contributed by atoms with Crippen molar-refractivity contribution < 1.29 is 4.79 Å². The zero-order valence-electron chi connectivity index (χ0n) is 19.2. The quantitative estimate of drug-likeness (QED) is 0.393. The highest BCUT2D eigenvalue weighted by atomic mass is 16.2. The molecule has 1 aliphatic rings. The van der Waals surface area contributed by atoms with Gasteiger partial charge in [-0.05, 0) is 31.0 Å². The number of guanidine groups is 1. The lowest BCUT2D eigenvalue weighted by Gasteiger charge is -2.18. The molecule has 4 rings (SSSR count). The Hall–Kier alpha value is -3.61. The zero-order valence-corrected chi connectivity index (χ0v) is 19.2. The van der Waals surface area contributed by atoms with E-state index >= 15 is 0 Å².